The Labute approximate surface area is 119 Å². The third kappa shape index (κ3) is 4.32. The normalized spacial score (nSPS) is 30.2. The molecule has 2 nitrogen and oxygen atoms in total. The Morgan fingerprint density at radius 3 is 2.74 bits per heavy atom. The van der Waals surface area contributed by atoms with Gasteiger partial charge in [-0.1, -0.05) is 45.8 Å². The van der Waals surface area contributed by atoms with Gasteiger partial charge in [-0.05, 0) is 37.1 Å². The zero-order valence-electron chi connectivity index (χ0n) is 13.3. The van der Waals surface area contributed by atoms with Crippen molar-refractivity contribution >= 4 is 0 Å². The summed E-state index contributed by atoms with van der Waals surface area (Å²) in [5.41, 5.74) is 2.01. The van der Waals surface area contributed by atoms with Crippen LogP contribution in [0.3, 0.4) is 0 Å². The van der Waals surface area contributed by atoms with E-state index < -0.39 is 0 Å². The minimum atomic E-state index is 0.364. The van der Waals surface area contributed by atoms with Crippen LogP contribution in [0.2, 0.25) is 0 Å². The first-order chi connectivity index (χ1) is 8.99. The summed E-state index contributed by atoms with van der Waals surface area (Å²) in [5.74, 6) is 0.955. The van der Waals surface area contributed by atoms with Crippen LogP contribution in [0.4, 0.5) is 0 Å². The van der Waals surface area contributed by atoms with Gasteiger partial charge in [0, 0.05) is 25.7 Å². The van der Waals surface area contributed by atoms with Crippen LogP contribution in [-0.4, -0.2) is 37.1 Å². The molecule has 0 radical (unpaired) electrons. The Bertz CT molecular complexity index is 314. The van der Waals surface area contributed by atoms with E-state index in [0.717, 1.165) is 18.5 Å². The van der Waals surface area contributed by atoms with Gasteiger partial charge < -0.3 is 5.32 Å². The number of piperidine rings is 1. The highest BCUT2D eigenvalue weighted by Gasteiger charge is 2.25. The lowest BCUT2D eigenvalue weighted by molar-refractivity contribution is 0.204. The van der Waals surface area contributed by atoms with E-state index in [1.54, 1.807) is 5.57 Å². The summed E-state index contributed by atoms with van der Waals surface area (Å²) >= 11 is 0. The Kier molecular flexibility index (Phi) is 5.08. The monoisotopic (exact) mass is 264 g/mol. The predicted octanol–water partition coefficient (Wildman–Crippen LogP) is 3.44. The molecule has 19 heavy (non-hydrogen) atoms. The molecule has 2 heteroatoms. The number of hydrogen-bond acceptors (Lipinski definition) is 2. The molecule has 2 aliphatic heterocycles. The molecule has 0 aromatic carbocycles. The van der Waals surface area contributed by atoms with Crippen molar-refractivity contribution in [3.05, 3.63) is 11.6 Å². The van der Waals surface area contributed by atoms with Gasteiger partial charge in [-0.15, -0.1) is 0 Å². The lowest BCUT2D eigenvalue weighted by atomic mass is 9.83. The van der Waals surface area contributed by atoms with Gasteiger partial charge in [0.2, 0.25) is 0 Å². The molecular weight excluding hydrogens is 232 g/mol. The molecule has 2 rings (SSSR count). The van der Waals surface area contributed by atoms with E-state index in [4.69, 9.17) is 0 Å². The first-order valence-corrected chi connectivity index (χ1v) is 8.14. The highest BCUT2D eigenvalue weighted by Crippen LogP contribution is 2.30. The Morgan fingerprint density at radius 2 is 2.16 bits per heavy atom. The highest BCUT2D eigenvalue weighted by molar-refractivity contribution is 5.14. The fourth-order valence-corrected chi connectivity index (χ4v) is 3.47. The van der Waals surface area contributed by atoms with E-state index in [0.29, 0.717) is 5.41 Å². The molecule has 2 aliphatic rings. The van der Waals surface area contributed by atoms with Crippen LogP contribution < -0.4 is 5.32 Å². The fraction of sp³-hybridized carbons (Fsp3) is 0.882. The molecule has 0 saturated carbocycles. The molecule has 1 saturated heterocycles. The van der Waals surface area contributed by atoms with E-state index in [1.165, 1.54) is 45.3 Å². The number of nitrogens with zero attached hydrogens (tertiary/aromatic N) is 1. The second-order valence-corrected chi connectivity index (χ2v) is 7.44. The first kappa shape index (κ1) is 15.1. The van der Waals surface area contributed by atoms with E-state index in [1.807, 2.05) is 0 Å². The number of rotatable bonds is 3. The van der Waals surface area contributed by atoms with Crippen LogP contribution in [0.5, 0.6) is 0 Å². The summed E-state index contributed by atoms with van der Waals surface area (Å²) in [6, 6.07) is 0.725. The van der Waals surface area contributed by atoms with Gasteiger partial charge in [0.1, 0.15) is 0 Å². The maximum Gasteiger partial charge on any atom is 0.0197 e. The van der Waals surface area contributed by atoms with Gasteiger partial charge in [-0.25, -0.2) is 0 Å². The van der Waals surface area contributed by atoms with Crippen LogP contribution in [0.15, 0.2) is 11.6 Å². The molecular formula is C17H32N2. The van der Waals surface area contributed by atoms with Crippen LogP contribution in [-0.2, 0) is 0 Å². The van der Waals surface area contributed by atoms with Gasteiger partial charge >= 0.3 is 0 Å². The Balaban J connectivity index is 1.81. The van der Waals surface area contributed by atoms with E-state index in [2.05, 4.69) is 44.0 Å². The molecule has 0 amide bonds. The van der Waals surface area contributed by atoms with Crippen molar-refractivity contribution in [3.8, 4) is 0 Å². The molecule has 0 spiro atoms. The van der Waals surface area contributed by atoms with Crippen LogP contribution in [0.1, 0.15) is 53.4 Å². The molecule has 0 aliphatic carbocycles. The van der Waals surface area contributed by atoms with Crippen molar-refractivity contribution in [2.24, 2.45) is 11.3 Å². The van der Waals surface area contributed by atoms with Crippen molar-refractivity contribution in [3.63, 3.8) is 0 Å². The first-order valence-electron chi connectivity index (χ1n) is 8.14. The molecule has 1 fully saturated rings. The predicted molar refractivity (Wildman–Crippen MR) is 83.4 cm³/mol. The van der Waals surface area contributed by atoms with Crippen LogP contribution in [0.25, 0.3) is 0 Å². The van der Waals surface area contributed by atoms with Crippen LogP contribution in [0, 0.1) is 11.3 Å². The summed E-state index contributed by atoms with van der Waals surface area (Å²) in [4.78, 5) is 2.63. The average molecular weight is 264 g/mol. The number of nitrogens with one attached hydrogen (secondary N) is 1. The molecule has 0 aromatic heterocycles. The molecule has 0 aromatic rings. The maximum absolute atomic E-state index is 3.71. The fourth-order valence-electron chi connectivity index (χ4n) is 3.47. The molecule has 0 bridgehead atoms. The number of hydrogen-bond donors (Lipinski definition) is 1. The summed E-state index contributed by atoms with van der Waals surface area (Å²) in [5, 5.41) is 3.71. The standard InChI is InChI=1S/C17H32N2/c1-5-14-6-9-18-16(12-14)13-19-10-7-15(8-11-19)17(2,3)4/h7,14,16,18H,5-6,8-13H2,1-4H3. The molecule has 2 atom stereocenters. The molecule has 2 heterocycles. The molecule has 1 N–H and O–H groups in total. The zero-order valence-corrected chi connectivity index (χ0v) is 13.3. The van der Waals surface area contributed by atoms with E-state index >= 15 is 0 Å². The second kappa shape index (κ2) is 6.41. The van der Waals surface area contributed by atoms with Crippen molar-refractivity contribution < 1.29 is 0 Å². The minimum Gasteiger partial charge on any atom is -0.313 e. The zero-order chi connectivity index (χ0) is 13.9. The summed E-state index contributed by atoms with van der Waals surface area (Å²) in [7, 11) is 0. The van der Waals surface area contributed by atoms with Crippen molar-refractivity contribution in [2.45, 2.75) is 59.4 Å². The van der Waals surface area contributed by atoms with Crippen molar-refractivity contribution in [1.29, 1.82) is 0 Å². The molecule has 110 valence electrons. The minimum absolute atomic E-state index is 0.364. The van der Waals surface area contributed by atoms with E-state index in [-0.39, 0.29) is 0 Å². The third-order valence-electron chi connectivity index (χ3n) is 4.92. The van der Waals surface area contributed by atoms with E-state index in [9.17, 15) is 0 Å². The third-order valence-corrected chi connectivity index (χ3v) is 4.92. The lowest BCUT2D eigenvalue weighted by Gasteiger charge is -2.37. The SMILES string of the molecule is CCC1CCNC(CN2CC=C(C(C)(C)C)CC2)C1. The van der Waals surface area contributed by atoms with Gasteiger partial charge in [-0.3, -0.25) is 4.90 Å². The lowest BCUT2D eigenvalue weighted by Crippen LogP contribution is -2.47. The maximum atomic E-state index is 3.71. The van der Waals surface area contributed by atoms with Crippen LogP contribution >= 0.6 is 0 Å². The summed E-state index contributed by atoms with van der Waals surface area (Å²) in [6.45, 7) is 14.2. The highest BCUT2D eigenvalue weighted by atomic mass is 15.2. The van der Waals surface area contributed by atoms with Gasteiger partial charge in [0.25, 0.3) is 0 Å². The summed E-state index contributed by atoms with van der Waals surface area (Å²) in [6.07, 6.45) is 7.84. The van der Waals surface area contributed by atoms with Crippen molar-refractivity contribution in [1.82, 2.24) is 10.2 Å². The Morgan fingerprint density at radius 1 is 1.37 bits per heavy atom. The van der Waals surface area contributed by atoms with Crippen molar-refractivity contribution in [2.75, 3.05) is 26.2 Å². The van der Waals surface area contributed by atoms with Gasteiger partial charge in [0.05, 0.1) is 0 Å². The average Bonchev–Trinajstić information content (AvgIpc) is 2.38. The Hall–Kier alpha value is -0.340. The molecule has 2 unspecified atom stereocenters. The quantitative estimate of drug-likeness (QED) is 0.786. The largest absolute Gasteiger partial charge is 0.313 e. The van der Waals surface area contributed by atoms with Gasteiger partial charge in [-0.2, -0.15) is 0 Å². The second-order valence-electron chi connectivity index (χ2n) is 7.44. The smallest absolute Gasteiger partial charge is 0.0197 e. The topological polar surface area (TPSA) is 15.3 Å². The van der Waals surface area contributed by atoms with Gasteiger partial charge in [0.15, 0.2) is 0 Å². The summed E-state index contributed by atoms with van der Waals surface area (Å²) < 4.78 is 0.